The maximum absolute atomic E-state index is 11.2. The van der Waals surface area contributed by atoms with E-state index in [-0.39, 0.29) is 11.3 Å². The third-order valence-corrected chi connectivity index (χ3v) is 5.41. The quantitative estimate of drug-likeness (QED) is 0.627. The first-order chi connectivity index (χ1) is 8.91. The molecule has 108 valence electrons. The average molecular weight is 265 g/mol. The van der Waals surface area contributed by atoms with Crippen LogP contribution < -0.4 is 0 Å². The van der Waals surface area contributed by atoms with Gasteiger partial charge >= 0.3 is 0 Å². The van der Waals surface area contributed by atoms with Crippen molar-refractivity contribution in [1.82, 2.24) is 4.90 Å². The predicted molar refractivity (Wildman–Crippen MR) is 76.9 cm³/mol. The van der Waals surface area contributed by atoms with E-state index in [0.717, 1.165) is 51.4 Å². The van der Waals surface area contributed by atoms with Crippen molar-refractivity contribution in [2.45, 2.75) is 51.0 Å². The van der Waals surface area contributed by atoms with Gasteiger partial charge in [0.2, 0.25) is 0 Å². The standard InChI is InChI=1S/C16H27NO2/c1-15-8-6-13(5-4-10-17(2)3)11-16(15,19)9-7-14(15)12-18/h5,12,14,19H,4,6-11H2,1-3H3/b13-5-/t14-,15-,16+/m1/s1. The highest BCUT2D eigenvalue weighted by Crippen LogP contribution is 2.58. The van der Waals surface area contributed by atoms with E-state index >= 15 is 0 Å². The summed E-state index contributed by atoms with van der Waals surface area (Å²) in [5.74, 6) is 0.0424. The first kappa shape index (κ1) is 14.7. The van der Waals surface area contributed by atoms with Gasteiger partial charge in [-0.3, -0.25) is 0 Å². The van der Waals surface area contributed by atoms with E-state index in [9.17, 15) is 9.90 Å². The smallest absolute Gasteiger partial charge is 0.123 e. The Kier molecular flexibility index (Phi) is 4.17. The molecule has 2 rings (SSSR count). The molecule has 0 bridgehead atoms. The summed E-state index contributed by atoms with van der Waals surface area (Å²) < 4.78 is 0. The third-order valence-electron chi connectivity index (χ3n) is 5.41. The Bertz CT molecular complexity index is 377. The fourth-order valence-corrected chi connectivity index (χ4v) is 3.86. The zero-order valence-corrected chi connectivity index (χ0v) is 12.5. The number of carbonyl (C=O) groups excluding carboxylic acids is 1. The van der Waals surface area contributed by atoms with Gasteiger partial charge in [-0.1, -0.05) is 18.6 Å². The highest BCUT2D eigenvalue weighted by Gasteiger charge is 2.57. The topological polar surface area (TPSA) is 40.5 Å². The van der Waals surface area contributed by atoms with Crippen LogP contribution in [0.3, 0.4) is 0 Å². The second kappa shape index (κ2) is 5.37. The molecule has 0 spiro atoms. The zero-order valence-electron chi connectivity index (χ0n) is 12.5. The van der Waals surface area contributed by atoms with Crippen LogP contribution in [0.5, 0.6) is 0 Å². The van der Waals surface area contributed by atoms with E-state index in [4.69, 9.17) is 0 Å². The Balaban J connectivity index is 2.05. The Morgan fingerprint density at radius 3 is 2.79 bits per heavy atom. The SMILES string of the molecule is CN(C)CC/C=C1/CC[C@]2(C)[C@@H](C=O)CC[C@]2(O)C1. The first-order valence-corrected chi connectivity index (χ1v) is 7.41. The fraction of sp³-hybridized carbons (Fsp3) is 0.812. The zero-order chi connectivity index (χ0) is 14.1. The molecule has 0 aromatic rings. The summed E-state index contributed by atoms with van der Waals surface area (Å²) in [4.78, 5) is 13.4. The van der Waals surface area contributed by atoms with E-state index in [2.05, 4.69) is 32.0 Å². The molecule has 2 aliphatic carbocycles. The molecule has 2 fully saturated rings. The summed E-state index contributed by atoms with van der Waals surface area (Å²) in [6, 6.07) is 0. The molecule has 3 heteroatoms. The minimum Gasteiger partial charge on any atom is -0.389 e. The molecule has 2 saturated carbocycles. The van der Waals surface area contributed by atoms with Crippen molar-refractivity contribution in [2.24, 2.45) is 11.3 Å². The Hall–Kier alpha value is -0.670. The van der Waals surface area contributed by atoms with Crippen LogP contribution in [0.2, 0.25) is 0 Å². The lowest BCUT2D eigenvalue weighted by molar-refractivity contribution is -0.123. The molecule has 2 aliphatic rings. The van der Waals surface area contributed by atoms with Gasteiger partial charge in [-0.25, -0.2) is 0 Å². The molecule has 1 N–H and O–H groups in total. The highest BCUT2D eigenvalue weighted by atomic mass is 16.3. The highest BCUT2D eigenvalue weighted by molar-refractivity contribution is 5.57. The summed E-state index contributed by atoms with van der Waals surface area (Å²) >= 11 is 0. The molecule has 0 heterocycles. The molecular weight excluding hydrogens is 238 g/mol. The average Bonchev–Trinajstić information content (AvgIpc) is 2.60. The lowest BCUT2D eigenvalue weighted by atomic mass is 9.62. The summed E-state index contributed by atoms with van der Waals surface area (Å²) in [6.45, 7) is 3.16. The van der Waals surface area contributed by atoms with Crippen LogP contribution in [0.15, 0.2) is 11.6 Å². The lowest BCUT2D eigenvalue weighted by Gasteiger charge is -2.46. The second-order valence-electron chi connectivity index (χ2n) is 6.86. The van der Waals surface area contributed by atoms with Crippen LogP contribution >= 0.6 is 0 Å². The summed E-state index contributed by atoms with van der Waals surface area (Å²) in [5.41, 5.74) is 0.530. The normalized spacial score (nSPS) is 40.7. The number of hydrogen-bond donors (Lipinski definition) is 1. The Morgan fingerprint density at radius 1 is 1.42 bits per heavy atom. The number of aliphatic hydroxyl groups is 1. The number of aldehydes is 1. The van der Waals surface area contributed by atoms with Gasteiger partial charge in [0.15, 0.2) is 0 Å². The molecule has 0 radical (unpaired) electrons. The van der Waals surface area contributed by atoms with Gasteiger partial charge in [-0.15, -0.1) is 0 Å². The molecule has 0 saturated heterocycles. The maximum Gasteiger partial charge on any atom is 0.123 e. The Morgan fingerprint density at radius 2 is 2.16 bits per heavy atom. The molecule has 3 nitrogen and oxygen atoms in total. The molecule has 19 heavy (non-hydrogen) atoms. The van der Waals surface area contributed by atoms with Crippen molar-refractivity contribution in [3.8, 4) is 0 Å². The van der Waals surface area contributed by atoms with E-state index in [1.54, 1.807) is 0 Å². The summed E-state index contributed by atoms with van der Waals surface area (Å²) in [6.07, 6.45) is 8.79. The van der Waals surface area contributed by atoms with Crippen LogP contribution in [0.25, 0.3) is 0 Å². The summed E-state index contributed by atoms with van der Waals surface area (Å²) in [7, 11) is 4.16. The minimum atomic E-state index is -0.652. The number of fused-ring (bicyclic) bond motifs is 1. The van der Waals surface area contributed by atoms with Crippen molar-refractivity contribution in [3.05, 3.63) is 11.6 Å². The predicted octanol–water partition coefficient (Wildman–Crippen LogP) is 2.39. The van der Waals surface area contributed by atoms with Crippen LogP contribution in [0, 0.1) is 11.3 Å². The number of hydrogen-bond acceptors (Lipinski definition) is 3. The molecule has 0 amide bonds. The van der Waals surface area contributed by atoms with Crippen molar-refractivity contribution in [2.75, 3.05) is 20.6 Å². The van der Waals surface area contributed by atoms with Gasteiger partial charge in [0.05, 0.1) is 5.60 Å². The summed E-state index contributed by atoms with van der Waals surface area (Å²) in [5, 5.41) is 10.9. The number of rotatable bonds is 4. The molecule has 0 unspecified atom stereocenters. The van der Waals surface area contributed by atoms with Crippen molar-refractivity contribution in [3.63, 3.8) is 0 Å². The Labute approximate surface area is 116 Å². The second-order valence-corrected chi connectivity index (χ2v) is 6.86. The fourth-order valence-electron chi connectivity index (χ4n) is 3.86. The molecule has 0 aromatic heterocycles. The largest absolute Gasteiger partial charge is 0.389 e. The van der Waals surface area contributed by atoms with Crippen molar-refractivity contribution < 1.29 is 9.90 Å². The van der Waals surface area contributed by atoms with Crippen molar-refractivity contribution in [1.29, 1.82) is 0 Å². The number of nitrogens with zero attached hydrogens (tertiary/aromatic N) is 1. The minimum absolute atomic E-state index is 0.0424. The molecular formula is C16H27NO2. The number of carbonyl (C=O) groups is 1. The molecule has 3 atom stereocenters. The lowest BCUT2D eigenvalue weighted by Crippen LogP contribution is -2.48. The van der Waals surface area contributed by atoms with Crippen LogP contribution in [0.1, 0.15) is 45.4 Å². The van der Waals surface area contributed by atoms with Gasteiger partial charge in [-0.05, 0) is 52.6 Å². The van der Waals surface area contributed by atoms with Crippen LogP contribution in [-0.2, 0) is 4.79 Å². The van der Waals surface area contributed by atoms with Crippen LogP contribution in [-0.4, -0.2) is 42.5 Å². The van der Waals surface area contributed by atoms with Gasteiger partial charge in [0.25, 0.3) is 0 Å². The van der Waals surface area contributed by atoms with E-state index < -0.39 is 5.60 Å². The van der Waals surface area contributed by atoms with E-state index in [0.29, 0.717) is 0 Å². The van der Waals surface area contributed by atoms with Crippen LogP contribution in [0.4, 0.5) is 0 Å². The first-order valence-electron chi connectivity index (χ1n) is 7.41. The monoisotopic (exact) mass is 265 g/mol. The van der Waals surface area contributed by atoms with Gasteiger partial charge in [0, 0.05) is 17.9 Å². The van der Waals surface area contributed by atoms with Gasteiger partial charge in [0.1, 0.15) is 6.29 Å². The molecule has 0 aliphatic heterocycles. The van der Waals surface area contributed by atoms with E-state index in [1.165, 1.54) is 5.57 Å². The van der Waals surface area contributed by atoms with E-state index in [1.807, 2.05) is 0 Å². The third kappa shape index (κ3) is 2.63. The molecule has 0 aromatic carbocycles. The van der Waals surface area contributed by atoms with Gasteiger partial charge in [-0.2, -0.15) is 0 Å². The van der Waals surface area contributed by atoms with Crippen molar-refractivity contribution >= 4 is 6.29 Å². The van der Waals surface area contributed by atoms with Gasteiger partial charge < -0.3 is 14.8 Å². The maximum atomic E-state index is 11.2.